The van der Waals surface area contributed by atoms with Gasteiger partial charge in [-0.15, -0.1) is 0 Å². The van der Waals surface area contributed by atoms with Crippen LogP contribution in [0.25, 0.3) is 0 Å². The van der Waals surface area contributed by atoms with Gasteiger partial charge in [0.05, 0.1) is 11.8 Å². The maximum atomic E-state index is 12.6. The Balaban J connectivity index is 1.60. The molecule has 0 spiro atoms. The Bertz CT molecular complexity index is 787. The fourth-order valence-corrected chi connectivity index (χ4v) is 2.99. The number of rotatable bonds is 6. The Morgan fingerprint density at radius 1 is 1.35 bits per heavy atom. The predicted octanol–water partition coefficient (Wildman–Crippen LogP) is 2.44. The van der Waals surface area contributed by atoms with Crippen molar-refractivity contribution in [1.29, 1.82) is 0 Å². The van der Waals surface area contributed by atoms with E-state index in [2.05, 4.69) is 10.2 Å². The number of methoxy groups -OCH3 is 1. The summed E-state index contributed by atoms with van der Waals surface area (Å²) in [5.41, 5.74) is 1.67. The number of likely N-dealkylation sites (tertiary alicyclic amines) is 1. The Hall–Kier alpha value is -2.67. The van der Waals surface area contributed by atoms with Crippen LogP contribution in [0.3, 0.4) is 0 Å². The van der Waals surface area contributed by atoms with Gasteiger partial charge in [-0.2, -0.15) is 5.10 Å². The van der Waals surface area contributed by atoms with Crippen molar-refractivity contribution in [2.24, 2.45) is 0 Å². The van der Waals surface area contributed by atoms with Crippen molar-refractivity contribution in [3.8, 4) is 5.75 Å². The maximum absolute atomic E-state index is 12.6. The van der Waals surface area contributed by atoms with E-state index in [-0.39, 0.29) is 24.4 Å². The molecule has 1 atom stereocenters. The normalized spacial score (nSPS) is 17.2. The molecule has 26 heavy (non-hydrogen) atoms. The molecule has 1 aromatic heterocycles. The largest absolute Gasteiger partial charge is 0.487 e. The van der Waals surface area contributed by atoms with E-state index in [0.717, 1.165) is 19.4 Å². The SMILES string of the molecule is CO[C@H]1CCCN(C(=O)c2cc(COc3cccc(C(C)=O)c3)[nH]n2)C1. The van der Waals surface area contributed by atoms with Gasteiger partial charge in [0.25, 0.3) is 5.91 Å². The number of aromatic amines is 1. The molecule has 7 heteroatoms. The van der Waals surface area contributed by atoms with Crippen LogP contribution in [0.4, 0.5) is 0 Å². The van der Waals surface area contributed by atoms with Crippen LogP contribution in [-0.4, -0.2) is 53.1 Å². The molecule has 0 radical (unpaired) electrons. The van der Waals surface area contributed by atoms with Crippen LogP contribution in [0.5, 0.6) is 5.75 Å². The van der Waals surface area contributed by atoms with Gasteiger partial charge >= 0.3 is 0 Å². The molecule has 2 heterocycles. The molecule has 3 rings (SSSR count). The molecule has 0 saturated carbocycles. The van der Waals surface area contributed by atoms with Crippen molar-refractivity contribution in [3.05, 3.63) is 47.3 Å². The summed E-state index contributed by atoms with van der Waals surface area (Å²) in [4.78, 5) is 25.8. The Morgan fingerprint density at radius 2 is 2.19 bits per heavy atom. The minimum atomic E-state index is -0.104. The van der Waals surface area contributed by atoms with E-state index in [4.69, 9.17) is 9.47 Å². The summed E-state index contributed by atoms with van der Waals surface area (Å²) in [5.74, 6) is 0.479. The molecule has 1 amide bonds. The average molecular weight is 357 g/mol. The molecule has 1 fully saturated rings. The number of nitrogens with one attached hydrogen (secondary N) is 1. The van der Waals surface area contributed by atoms with E-state index in [1.165, 1.54) is 6.92 Å². The zero-order valence-electron chi connectivity index (χ0n) is 15.0. The van der Waals surface area contributed by atoms with Crippen molar-refractivity contribution >= 4 is 11.7 Å². The van der Waals surface area contributed by atoms with Gasteiger partial charge in [0.2, 0.25) is 0 Å². The Morgan fingerprint density at radius 3 is 2.96 bits per heavy atom. The summed E-state index contributed by atoms with van der Waals surface area (Å²) >= 11 is 0. The third-order valence-corrected chi connectivity index (χ3v) is 4.48. The second-order valence-corrected chi connectivity index (χ2v) is 6.40. The standard InChI is InChI=1S/C19H23N3O4/c1-13(23)14-5-3-6-16(9-14)26-12-15-10-18(21-20-15)19(24)22-8-4-7-17(11-22)25-2/h3,5-6,9-10,17H,4,7-8,11-12H2,1-2H3,(H,20,21)/t17-/m0/s1. The minimum Gasteiger partial charge on any atom is -0.487 e. The molecule has 0 bridgehead atoms. The lowest BCUT2D eigenvalue weighted by Crippen LogP contribution is -2.43. The minimum absolute atomic E-state index is 0.0132. The lowest BCUT2D eigenvalue weighted by molar-refractivity contribution is 0.0265. The van der Waals surface area contributed by atoms with Crippen LogP contribution in [0.15, 0.2) is 30.3 Å². The van der Waals surface area contributed by atoms with E-state index < -0.39 is 0 Å². The molecular weight excluding hydrogens is 334 g/mol. The van der Waals surface area contributed by atoms with E-state index in [1.807, 2.05) is 0 Å². The quantitative estimate of drug-likeness (QED) is 0.803. The van der Waals surface area contributed by atoms with Crippen LogP contribution >= 0.6 is 0 Å². The molecule has 1 N–H and O–H groups in total. The number of ether oxygens (including phenoxy) is 2. The predicted molar refractivity (Wildman–Crippen MR) is 95.3 cm³/mol. The number of aromatic nitrogens is 2. The van der Waals surface area contributed by atoms with E-state index in [0.29, 0.717) is 29.2 Å². The van der Waals surface area contributed by atoms with Gasteiger partial charge in [-0.3, -0.25) is 14.7 Å². The average Bonchev–Trinajstić information content (AvgIpc) is 3.15. The molecule has 0 aliphatic carbocycles. The Kier molecular flexibility index (Phi) is 5.68. The fourth-order valence-electron chi connectivity index (χ4n) is 2.99. The van der Waals surface area contributed by atoms with Gasteiger partial charge in [0.15, 0.2) is 11.5 Å². The van der Waals surface area contributed by atoms with Crippen LogP contribution in [-0.2, 0) is 11.3 Å². The summed E-state index contributed by atoms with van der Waals surface area (Å²) in [6, 6.07) is 8.70. The lowest BCUT2D eigenvalue weighted by atomic mass is 10.1. The monoisotopic (exact) mass is 357 g/mol. The van der Waals surface area contributed by atoms with E-state index in [1.54, 1.807) is 42.3 Å². The molecule has 138 valence electrons. The summed E-state index contributed by atoms with van der Waals surface area (Å²) < 4.78 is 11.0. The third kappa shape index (κ3) is 4.29. The molecular formula is C19H23N3O4. The highest BCUT2D eigenvalue weighted by Gasteiger charge is 2.25. The van der Waals surface area contributed by atoms with E-state index in [9.17, 15) is 9.59 Å². The first-order chi connectivity index (χ1) is 12.6. The number of H-pyrrole nitrogens is 1. The number of ketones is 1. The van der Waals surface area contributed by atoms with Crippen LogP contribution < -0.4 is 4.74 Å². The summed E-state index contributed by atoms with van der Waals surface area (Å²) in [6.45, 7) is 3.06. The van der Waals surface area contributed by atoms with Crippen molar-refractivity contribution < 1.29 is 19.1 Å². The number of Topliss-reactive ketones (excluding diaryl/α,β-unsaturated/α-hetero) is 1. The summed E-state index contributed by atoms with van der Waals surface area (Å²) in [7, 11) is 1.67. The van der Waals surface area contributed by atoms with Gasteiger partial charge in [-0.25, -0.2) is 0 Å². The zero-order chi connectivity index (χ0) is 18.5. The smallest absolute Gasteiger partial charge is 0.274 e. The topological polar surface area (TPSA) is 84.5 Å². The Labute approximate surface area is 152 Å². The number of hydrogen-bond acceptors (Lipinski definition) is 5. The molecule has 1 aromatic carbocycles. The second kappa shape index (κ2) is 8.14. The van der Waals surface area contributed by atoms with Crippen LogP contribution in [0.2, 0.25) is 0 Å². The van der Waals surface area contributed by atoms with Crippen LogP contribution in [0, 0.1) is 0 Å². The summed E-state index contributed by atoms with van der Waals surface area (Å²) in [5, 5.41) is 6.95. The fraction of sp³-hybridized carbons (Fsp3) is 0.421. The molecule has 1 aliphatic rings. The highest BCUT2D eigenvalue weighted by atomic mass is 16.5. The highest BCUT2D eigenvalue weighted by molar-refractivity contribution is 5.94. The number of amides is 1. The molecule has 2 aromatic rings. The van der Waals surface area contributed by atoms with Crippen molar-refractivity contribution in [1.82, 2.24) is 15.1 Å². The highest BCUT2D eigenvalue weighted by Crippen LogP contribution is 2.17. The van der Waals surface area contributed by atoms with Crippen molar-refractivity contribution in [3.63, 3.8) is 0 Å². The van der Waals surface area contributed by atoms with Gasteiger partial charge < -0.3 is 14.4 Å². The maximum Gasteiger partial charge on any atom is 0.274 e. The molecule has 7 nitrogen and oxygen atoms in total. The van der Waals surface area contributed by atoms with Gasteiger partial charge in [0.1, 0.15) is 12.4 Å². The number of nitrogens with zero attached hydrogens (tertiary/aromatic N) is 2. The lowest BCUT2D eigenvalue weighted by Gasteiger charge is -2.31. The van der Waals surface area contributed by atoms with Gasteiger partial charge in [-0.05, 0) is 38.0 Å². The first-order valence-corrected chi connectivity index (χ1v) is 8.67. The molecule has 1 aliphatic heterocycles. The number of hydrogen-bond donors (Lipinski definition) is 1. The van der Waals surface area contributed by atoms with Gasteiger partial charge in [-0.1, -0.05) is 12.1 Å². The number of carbonyl (C=O) groups excluding carboxylic acids is 2. The summed E-state index contributed by atoms with van der Waals surface area (Å²) in [6.07, 6.45) is 1.99. The van der Waals surface area contributed by atoms with Crippen molar-refractivity contribution in [2.45, 2.75) is 32.5 Å². The number of piperidine rings is 1. The van der Waals surface area contributed by atoms with E-state index >= 15 is 0 Å². The van der Waals surface area contributed by atoms with Crippen molar-refractivity contribution in [2.75, 3.05) is 20.2 Å². The molecule has 0 unspecified atom stereocenters. The zero-order valence-corrected chi connectivity index (χ0v) is 15.0. The van der Waals surface area contributed by atoms with Crippen LogP contribution in [0.1, 0.15) is 46.3 Å². The molecule has 1 saturated heterocycles. The third-order valence-electron chi connectivity index (χ3n) is 4.48. The first-order valence-electron chi connectivity index (χ1n) is 8.67. The number of carbonyl (C=O) groups is 2. The number of benzene rings is 1. The first kappa shape index (κ1) is 18.1. The second-order valence-electron chi connectivity index (χ2n) is 6.40. The van der Waals surface area contributed by atoms with Gasteiger partial charge in [0, 0.05) is 25.8 Å².